The number of ether oxygens (including phenoxy) is 1. The molecule has 0 bridgehead atoms. The number of carbonyl (C=O) groups is 2. The average molecular weight is 448 g/mol. The Bertz CT molecular complexity index is 910. The van der Waals surface area contributed by atoms with Crippen LogP contribution in [0.2, 0.25) is 5.02 Å². The maximum Gasteiger partial charge on any atom is 0.348 e. The van der Waals surface area contributed by atoms with Crippen molar-refractivity contribution in [2.45, 2.75) is 44.2 Å². The minimum Gasteiger partial charge on any atom is -0.465 e. The molecule has 160 valence electrons. The second-order valence-electron chi connectivity index (χ2n) is 7.34. The minimum absolute atomic E-state index is 0.0143. The smallest absolute Gasteiger partial charge is 0.348 e. The van der Waals surface area contributed by atoms with Crippen molar-refractivity contribution in [3.05, 3.63) is 68.9 Å². The number of aryl methyl sites for hydroxylation is 1. The highest BCUT2D eigenvalue weighted by atomic mass is 35.5. The van der Waals surface area contributed by atoms with Gasteiger partial charge in [0.2, 0.25) is 5.91 Å². The Labute approximate surface area is 185 Å². The van der Waals surface area contributed by atoms with Gasteiger partial charge in [-0.3, -0.25) is 4.79 Å². The fourth-order valence-corrected chi connectivity index (χ4v) is 4.80. The van der Waals surface area contributed by atoms with Crippen molar-refractivity contribution >= 4 is 34.8 Å². The molecule has 1 fully saturated rings. The van der Waals surface area contributed by atoms with Gasteiger partial charge in [-0.15, -0.1) is 11.3 Å². The van der Waals surface area contributed by atoms with Crippen LogP contribution in [-0.4, -0.2) is 47.7 Å². The molecule has 1 aromatic heterocycles. The van der Waals surface area contributed by atoms with Gasteiger partial charge in [-0.2, -0.15) is 0 Å². The average Bonchev–Trinajstić information content (AvgIpc) is 3.33. The maximum atomic E-state index is 12.3. The number of nitrogens with zero attached hydrogens (tertiary/aromatic N) is 1. The molecule has 7 heteroatoms. The molecule has 0 radical (unpaired) electrons. The lowest BCUT2D eigenvalue weighted by atomic mass is 10.1. The van der Waals surface area contributed by atoms with Gasteiger partial charge in [0, 0.05) is 29.3 Å². The Morgan fingerprint density at radius 3 is 3.00 bits per heavy atom. The third kappa shape index (κ3) is 6.17. The van der Waals surface area contributed by atoms with E-state index in [1.165, 1.54) is 18.4 Å². The molecule has 1 aromatic carbocycles. The van der Waals surface area contributed by atoms with E-state index in [9.17, 15) is 14.7 Å². The number of benzene rings is 1. The summed E-state index contributed by atoms with van der Waals surface area (Å²) in [7, 11) is 1.38. The summed E-state index contributed by atoms with van der Waals surface area (Å²) in [6, 6.07) is 11.2. The molecule has 0 spiro atoms. The van der Waals surface area contributed by atoms with Crippen molar-refractivity contribution in [2.75, 3.05) is 13.7 Å². The van der Waals surface area contributed by atoms with Gasteiger partial charge in [-0.05, 0) is 49.1 Å². The van der Waals surface area contributed by atoms with Gasteiger partial charge in [-0.1, -0.05) is 35.9 Å². The number of likely N-dealkylation sites (tertiary alicyclic amines) is 1. The standard InChI is InChI=1S/C23H26ClNO4S/c1-29-23(28)21-11-10-20(30-21)6-3-13-25-18(8-12-22(25)27)7-9-19(26)15-16-4-2-5-17(24)14-16/h2,4-5,7,9-11,14,18-19,26H,3,6,8,12-13,15H2,1H3/t18-,19+/m0/s1. The normalized spacial score (nSPS) is 17.6. The highest BCUT2D eigenvalue weighted by molar-refractivity contribution is 7.13. The molecule has 5 nitrogen and oxygen atoms in total. The molecular weight excluding hydrogens is 422 g/mol. The first-order valence-electron chi connectivity index (χ1n) is 10.0. The lowest BCUT2D eigenvalue weighted by Crippen LogP contribution is -2.33. The van der Waals surface area contributed by atoms with E-state index < -0.39 is 6.10 Å². The van der Waals surface area contributed by atoms with E-state index in [1.807, 2.05) is 41.3 Å². The number of carbonyl (C=O) groups excluding carboxylic acids is 2. The molecule has 0 aliphatic carbocycles. The molecule has 2 atom stereocenters. The third-order valence-electron chi connectivity index (χ3n) is 5.13. The van der Waals surface area contributed by atoms with E-state index in [0.29, 0.717) is 29.3 Å². The summed E-state index contributed by atoms with van der Waals surface area (Å²) in [6.45, 7) is 0.656. The van der Waals surface area contributed by atoms with Gasteiger partial charge < -0.3 is 14.7 Å². The van der Waals surface area contributed by atoms with Crippen LogP contribution in [0.3, 0.4) is 0 Å². The molecular formula is C23H26ClNO4S. The third-order valence-corrected chi connectivity index (χ3v) is 6.49. The molecule has 1 amide bonds. The lowest BCUT2D eigenvalue weighted by molar-refractivity contribution is -0.128. The number of hydrogen-bond acceptors (Lipinski definition) is 5. The van der Waals surface area contributed by atoms with Crippen LogP contribution in [0, 0.1) is 0 Å². The number of aliphatic hydroxyl groups excluding tert-OH is 1. The zero-order chi connectivity index (χ0) is 21.5. The van der Waals surface area contributed by atoms with Gasteiger partial charge >= 0.3 is 5.97 Å². The molecule has 1 aliphatic rings. The van der Waals surface area contributed by atoms with E-state index in [-0.39, 0.29) is 17.9 Å². The SMILES string of the molecule is COC(=O)c1ccc(CCCN2C(=O)CC[C@@H]2C=C[C@@H](O)Cc2cccc(Cl)c2)s1. The van der Waals surface area contributed by atoms with Crippen molar-refractivity contribution in [2.24, 2.45) is 0 Å². The van der Waals surface area contributed by atoms with E-state index in [2.05, 4.69) is 0 Å². The fourth-order valence-electron chi connectivity index (χ4n) is 3.62. The monoisotopic (exact) mass is 447 g/mol. The second kappa shape index (κ2) is 10.8. The molecule has 1 saturated heterocycles. The van der Waals surface area contributed by atoms with Crippen LogP contribution >= 0.6 is 22.9 Å². The van der Waals surface area contributed by atoms with Crippen LogP contribution < -0.4 is 0 Å². The molecule has 2 aromatic rings. The first-order chi connectivity index (χ1) is 14.5. The zero-order valence-corrected chi connectivity index (χ0v) is 18.5. The van der Waals surface area contributed by atoms with Crippen LogP contribution in [0.1, 0.15) is 39.4 Å². The van der Waals surface area contributed by atoms with Crippen molar-refractivity contribution in [1.82, 2.24) is 4.90 Å². The summed E-state index contributed by atoms with van der Waals surface area (Å²) in [5.74, 6) is -0.169. The van der Waals surface area contributed by atoms with E-state index >= 15 is 0 Å². The van der Waals surface area contributed by atoms with Crippen LogP contribution in [0.5, 0.6) is 0 Å². The van der Waals surface area contributed by atoms with E-state index in [4.69, 9.17) is 16.3 Å². The Morgan fingerprint density at radius 1 is 1.40 bits per heavy atom. The fraction of sp³-hybridized carbons (Fsp3) is 0.391. The zero-order valence-electron chi connectivity index (χ0n) is 16.9. The summed E-state index contributed by atoms with van der Waals surface area (Å²) in [6.07, 6.45) is 6.51. The quantitative estimate of drug-likeness (QED) is 0.460. The van der Waals surface area contributed by atoms with Crippen molar-refractivity contribution in [3.8, 4) is 0 Å². The van der Waals surface area contributed by atoms with E-state index in [1.54, 1.807) is 12.1 Å². The minimum atomic E-state index is -0.621. The molecule has 0 saturated carbocycles. The lowest BCUT2D eigenvalue weighted by Gasteiger charge is -2.22. The first kappa shape index (κ1) is 22.5. The van der Waals surface area contributed by atoms with Gasteiger partial charge in [-0.25, -0.2) is 4.79 Å². The number of methoxy groups -OCH3 is 1. The predicted molar refractivity (Wildman–Crippen MR) is 119 cm³/mol. The number of amides is 1. The van der Waals surface area contributed by atoms with Gasteiger partial charge in [0.25, 0.3) is 0 Å². The molecule has 30 heavy (non-hydrogen) atoms. The summed E-state index contributed by atoms with van der Waals surface area (Å²) < 4.78 is 4.74. The summed E-state index contributed by atoms with van der Waals surface area (Å²) in [5, 5.41) is 11.0. The van der Waals surface area contributed by atoms with Crippen LogP contribution in [0.25, 0.3) is 0 Å². The van der Waals surface area contributed by atoms with Crippen molar-refractivity contribution in [3.63, 3.8) is 0 Å². The van der Waals surface area contributed by atoms with Crippen molar-refractivity contribution < 1.29 is 19.4 Å². The van der Waals surface area contributed by atoms with Gasteiger partial charge in [0.15, 0.2) is 0 Å². The molecule has 3 rings (SSSR count). The second-order valence-corrected chi connectivity index (χ2v) is 8.95. The first-order valence-corrected chi connectivity index (χ1v) is 11.2. The number of rotatable bonds is 9. The van der Waals surface area contributed by atoms with Gasteiger partial charge in [0.05, 0.1) is 19.3 Å². The number of esters is 1. The van der Waals surface area contributed by atoms with E-state index in [0.717, 1.165) is 29.7 Å². The number of hydrogen-bond donors (Lipinski definition) is 1. The summed E-state index contributed by atoms with van der Waals surface area (Å²) in [4.78, 5) is 27.4. The largest absolute Gasteiger partial charge is 0.465 e. The maximum absolute atomic E-state index is 12.3. The predicted octanol–water partition coefficient (Wildman–Crippen LogP) is 4.27. The molecule has 1 aliphatic heterocycles. The molecule has 0 unspecified atom stereocenters. The number of halogens is 1. The van der Waals surface area contributed by atoms with Gasteiger partial charge in [0.1, 0.15) is 4.88 Å². The number of thiophene rings is 1. The van der Waals surface area contributed by atoms with Crippen LogP contribution in [-0.2, 0) is 22.4 Å². The van der Waals surface area contributed by atoms with Crippen LogP contribution in [0.4, 0.5) is 0 Å². The Morgan fingerprint density at radius 2 is 2.23 bits per heavy atom. The molecule has 2 heterocycles. The summed E-state index contributed by atoms with van der Waals surface area (Å²) >= 11 is 7.43. The Balaban J connectivity index is 1.50. The van der Waals surface area contributed by atoms with Crippen LogP contribution in [0.15, 0.2) is 48.6 Å². The Kier molecular flexibility index (Phi) is 8.08. The topological polar surface area (TPSA) is 66.8 Å². The molecule has 1 N–H and O–H groups in total. The number of aliphatic hydroxyl groups is 1. The summed E-state index contributed by atoms with van der Waals surface area (Å²) in [5.41, 5.74) is 0.973. The van der Waals surface area contributed by atoms with Crippen molar-refractivity contribution in [1.29, 1.82) is 0 Å². The highest BCUT2D eigenvalue weighted by Gasteiger charge is 2.28. The highest BCUT2D eigenvalue weighted by Crippen LogP contribution is 2.23. The Hall–Kier alpha value is -2.15.